The monoisotopic (exact) mass is 413 g/mol. The average molecular weight is 414 g/mol. The Kier molecular flexibility index (Phi) is 5.82. The van der Waals surface area contributed by atoms with E-state index in [0.717, 1.165) is 13.0 Å². The van der Waals surface area contributed by atoms with E-state index >= 15 is 0 Å². The first-order chi connectivity index (χ1) is 13.6. The number of hydrogen-bond acceptors (Lipinski definition) is 6. The average Bonchev–Trinajstić information content (AvgIpc) is 3.36. The van der Waals surface area contributed by atoms with E-state index < -0.39 is 0 Å². The molecule has 0 bridgehead atoms. The van der Waals surface area contributed by atoms with E-state index in [9.17, 15) is 4.79 Å². The fourth-order valence-electron chi connectivity index (χ4n) is 3.42. The van der Waals surface area contributed by atoms with Crippen LogP contribution in [0.25, 0.3) is 0 Å². The fourth-order valence-corrected chi connectivity index (χ4v) is 5.10. The Balaban J connectivity index is 1.34. The van der Waals surface area contributed by atoms with Gasteiger partial charge in [-0.2, -0.15) is 0 Å². The van der Waals surface area contributed by atoms with Gasteiger partial charge in [0.15, 0.2) is 0 Å². The van der Waals surface area contributed by atoms with Crippen LogP contribution in [0.15, 0.2) is 51.4 Å². The molecule has 0 fully saturated rings. The number of thiophene rings is 1. The third-order valence-corrected chi connectivity index (χ3v) is 6.99. The number of hydrogen-bond donors (Lipinski definition) is 0. The van der Waals surface area contributed by atoms with E-state index in [1.54, 1.807) is 11.3 Å². The first-order valence-electron chi connectivity index (χ1n) is 9.48. The van der Waals surface area contributed by atoms with Crippen LogP contribution in [-0.4, -0.2) is 32.8 Å². The van der Waals surface area contributed by atoms with E-state index in [1.165, 1.54) is 27.8 Å². The number of benzene rings is 1. The molecule has 1 aromatic carbocycles. The van der Waals surface area contributed by atoms with Crippen LogP contribution in [0.5, 0.6) is 0 Å². The lowest BCUT2D eigenvalue weighted by Gasteiger charge is -2.28. The van der Waals surface area contributed by atoms with Crippen molar-refractivity contribution in [3.8, 4) is 0 Å². The van der Waals surface area contributed by atoms with Crippen LogP contribution in [-0.2, 0) is 24.2 Å². The molecule has 0 aliphatic carbocycles. The summed E-state index contributed by atoms with van der Waals surface area (Å²) >= 11 is 3.12. The Morgan fingerprint density at radius 3 is 2.89 bits per heavy atom. The second kappa shape index (κ2) is 8.49. The molecular formula is C21H23N3O2S2. The quantitative estimate of drug-likeness (QED) is 0.555. The van der Waals surface area contributed by atoms with Gasteiger partial charge in [-0.15, -0.1) is 21.5 Å². The van der Waals surface area contributed by atoms with Gasteiger partial charge in [0.1, 0.15) is 0 Å². The minimum atomic E-state index is -0.250. The van der Waals surface area contributed by atoms with Gasteiger partial charge in [-0.05, 0) is 41.8 Å². The molecule has 2 unspecified atom stereocenters. The zero-order chi connectivity index (χ0) is 19.5. The Labute approximate surface area is 173 Å². The highest BCUT2D eigenvalue weighted by Crippen LogP contribution is 2.29. The van der Waals surface area contributed by atoms with Crippen LogP contribution < -0.4 is 0 Å². The van der Waals surface area contributed by atoms with Gasteiger partial charge in [0.2, 0.25) is 11.8 Å². The predicted octanol–water partition coefficient (Wildman–Crippen LogP) is 4.54. The Morgan fingerprint density at radius 1 is 1.25 bits per heavy atom. The standard InChI is InChI=1S/C21H23N3O2S2/c1-14(16-6-4-3-5-7-16)12-19-22-23-21(26-19)28-15(2)20(25)24-10-8-18-17(13-24)9-11-27-18/h3-7,9,11,14-15H,8,10,12-13H2,1-2H3. The molecule has 2 aromatic heterocycles. The van der Waals surface area contributed by atoms with Gasteiger partial charge in [0, 0.05) is 24.4 Å². The van der Waals surface area contributed by atoms with Gasteiger partial charge < -0.3 is 9.32 Å². The number of thioether (sulfide) groups is 1. The number of rotatable bonds is 6. The Hall–Kier alpha value is -2.12. The van der Waals surface area contributed by atoms with E-state index in [1.807, 2.05) is 30.0 Å². The lowest BCUT2D eigenvalue weighted by molar-refractivity contribution is -0.131. The maximum Gasteiger partial charge on any atom is 0.277 e. The second-order valence-corrected chi connectivity index (χ2v) is 9.41. The highest BCUT2D eigenvalue weighted by molar-refractivity contribution is 8.00. The van der Waals surface area contributed by atoms with Gasteiger partial charge in [-0.3, -0.25) is 4.79 Å². The summed E-state index contributed by atoms with van der Waals surface area (Å²) in [4.78, 5) is 16.2. The summed E-state index contributed by atoms with van der Waals surface area (Å²) in [5.41, 5.74) is 2.52. The Bertz CT molecular complexity index is 938. The maximum atomic E-state index is 12.8. The van der Waals surface area contributed by atoms with Crippen molar-refractivity contribution < 1.29 is 9.21 Å². The smallest absolute Gasteiger partial charge is 0.277 e. The van der Waals surface area contributed by atoms with Gasteiger partial charge in [0.05, 0.1) is 5.25 Å². The van der Waals surface area contributed by atoms with E-state index in [-0.39, 0.29) is 11.2 Å². The van der Waals surface area contributed by atoms with Crippen LogP contribution in [0, 0.1) is 0 Å². The van der Waals surface area contributed by atoms with E-state index in [0.29, 0.717) is 30.0 Å². The van der Waals surface area contributed by atoms with Crippen molar-refractivity contribution in [2.45, 2.75) is 49.6 Å². The first-order valence-corrected chi connectivity index (χ1v) is 11.2. The maximum absolute atomic E-state index is 12.8. The van der Waals surface area contributed by atoms with E-state index in [4.69, 9.17) is 4.42 Å². The van der Waals surface area contributed by atoms with Crippen molar-refractivity contribution in [2.24, 2.45) is 0 Å². The highest BCUT2D eigenvalue weighted by atomic mass is 32.2. The van der Waals surface area contributed by atoms with Gasteiger partial charge in [-0.1, -0.05) is 49.0 Å². The van der Waals surface area contributed by atoms with Crippen molar-refractivity contribution in [3.05, 3.63) is 63.7 Å². The molecule has 28 heavy (non-hydrogen) atoms. The van der Waals surface area contributed by atoms with Crippen molar-refractivity contribution in [2.75, 3.05) is 6.54 Å². The van der Waals surface area contributed by atoms with Crippen molar-refractivity contribution in [3.63, 3.8) is 0 Å². The normalized spacial score (nSPS) is 15.9. The predicted molar refractivity (Wildman–Crippen MR) is 112 cm³/mol. The summed E-state index contributed by atoms with van der Waals surface area (Å²) in [6, 6.07) is 12.4. The van der Waals surface area contributed by atoms with Crippen LogP contribution >= 0.6 is 23.1 Å². The zero-order valence-corrected chi connectivity index (χ0v) is 17.6. The minimum absolute atomic E-state index is 0.124. The zero-order valence-electron chi connectivity index (χ0n) is 16.0. The molecule has 1 aliphatic heterocycles. The topological polar surface area (TPSA) is 59.2 Å². The highest BCUT2D eigenvalue weighted by Gasteiger charge is 2.27. The first kappa shape index (κ1) is 19.2. The molecule has 0 saturated heterocycles. The van der Waals surface area contributed by atoms with Gasteiger partial charge in [0.25, 0.3) is 5.22 Å². The molecule has 1 amide bonds. The number of aromatic nitrogens is 2. The number of carbonyl (C=O) groups excluding carboxylic acids is 1. The van der Waals surface area contributed by atoms with Crippen LogP contribution in [0.3, 0.4) is 0 Å². The SMILES string of the molecule is CC(Sc1nnc(CC(C)c2ccccc2)o1)C(=O)N1CCc2sccc2C1. The van der Waals surface area contributed by atoms with Gasteiger partial charge in [-0.25, -0.2) is 0 Å². The number of carbonyl (C=O) groups is 1. The molecule has 5 nitrogen and oxygen atoms in total. The molecule has 4 rings (SSSR count). The number of amides is 1. The molecule has 2 atom stereocenters. The lowest BCUT2D eigenvalue weighted by atomic mass is 9.98. The van der Waals surface area contributed by atoms with Crippen molar-refractivity contribution in [1.29, 1.82) is 0 Å². The molecule has 7 heteroatoms. The molecule has 1 aliphatic rings. The third-order valence-electron chi connectivity index (χ3n) is 5.04. The van der Waals surface area contributed by atoms with Crippen LogP contribution in [0.1, 0.15) is 41.7 Å². The van der Waals surface area contributed by atoms with Crippen molar-refractivity contribution in [1.82, 2.24) is 15.1 Å². The molecule has 0 N–H and O–H groups in total. The lowest BCUT2D eigenvalue weighted by Crippen LogP contribution is -2.39. The summed E-state index contributed by atoms with van der Waals surface area (Å²) in [5.74, 6) is 1.03. The molecule has 0 saturated carbocycles. The minimum Gasteiger partial charge on any atom is -0.416 e. The van der Waals surface area contributed by atoms with Gasteiger partial charge >= 0.3 is 0 Å². The van der Waals surface area contributed by atoms with Crippen LogP contribution in [0.4, 0.5) is 0 Å². The largest absolute Gasteiger partial charge is 0.416 e. The van der Waals surface area contributed by atoms with Crippen LogP contribution in [0.2, 0.25) is 0 Å². The molecule has 3 aromatic rings. The molecule has 0 radical (unpaired) electrons. The molecule has 0 spiro atoms. The van der Waals surface area contributed by atoms with Crippen molar-refractivity contribution >= 4 is 29.0 Å². The summed E-state index contributed by atoms with van der Waals surface area (Å²) < 4.78 is 5.80. The third kappa shape index (κ3) is 4.31. The summed E-state index contributed by atoms with van der Waals surface area (Å²) in [6.07, 6.45) is 1.63. The second-order valence-electron chi connectivity index (χ2n) is 7.12. The fraction of sp³-hybridized carbons (Fsp3) is 0.381. The molecular weight excluding hydrogens is 390 g/mol. The summed E-state index contributed by atoms with van der Waals surface area (Å²) in [7, 11) is 0. The summed E-state index contributed by atoms with van der Waals surface area (Å²) in [5, 5.41) is 10.6. The molecule has 146 valence electrons. The molecule has 3 heterocycles. The summed E-state index contributed by atoms with van der Waals surface area (Å²) in [6.45, 7) is 5.54. The number of fused-ring (bicyclic) bond motifs is 1. The Morgan fingerprint density at radius 2 is 2.07 bits per heavy atom. The number of nitrogens with zero attached hydrogens (tertiary/aromatic N) is 3. The van der Waals surface area contributed by atoms with E-state index in [2.05, 4.69) is 40.7 Å².